The van der Waals surface area contributed by atoms with E-state index in [0.717, 1.165) is 24.5 Å². The van der Waals surface area contributed by atoms with Gasteiger partial charge in [-0.3, -0.25) is 4.79 Å². The minimum atomic E-state index is -0.742. The molecule has 3 aliphatic rings. The molecule has 0 amide bonds. The average Bonchev–Trinajstić information content (AvgIpc) is 2.99. The Morgan fingerprint density at radius 3 is 2.86 bits per heavy atom. The summed E-state index contributed by atoms with van der Waals surface area (Å²) < 4.78 is 0. The third-order valence-electron chi connectivity index (χ3n) is 6.18. The molecule has 3 rings (SSSR count). The molecule has 0 bridgehead atoms. The van der Waals surface area contributed by atoms with Gasteiger partial charge in [-0.15, -0.1) is 0 Å². The van der Waals surface area contributed by atoms with E-state index in [1.165, 1.54) is 32.1 Å². The van der Waals surface area contributed by atoms with Gasteiger partial charge in [-0.05, 0) is 42.9 Å². The van der Waals surface area contributed by atoms with Crippen LogP contribution in [0.5, 0.6) is 0 Å². The van der Waals surface area contributed by atoms with Crippen molar-refractivity contribution in [3.05, 3.63) is 0 Å². The van der Waals surface area contributed by atoms with Gasteiger partial charge in [-0.2, -0.15) is 0 Å². The lowest BCUT2D eigenvalue weighted by Gasteiger charge is -2.40. The lowest BCUT2D eigenvalue weighted by Crippen LogP contribution is -2.29. The second-order valence-electron chi connectivity index (χ2n) is 8.56. The van der Waals surface area contributed by atoms with Crippen LogP contribution in [-0.4, -0.2) is 22.4 Å². The van der Waals surface area contributed by atoms with Crippen LogP contribution in [-0.2, 0) is 9.63 Å². The van der Waals surface area contributed by atoms with Crippen molar-refractivity contribution in [2.45, 2.75) is 77.7 Å². The highest BCUT2D eigenvalue weighted by Gasteiger charge is 2.64. The molecule has 4 nitrogen and oxygen atoms in total. The molecule has 2 fully saturated rings. The van der Waals surface area contributed by atoms with Crippen molar-refractivity contribution in [1.82, 2.24) is 0 Å². The van der Waals surface area contributed by atoms with Gasteiger partial charge in [-0.25, -0.2) is 0 Å². The molecular formula is C18H29NO3. The predicted molar refractivity (Wildman–Crippen MR) is 85.7 cm³/mol. The molecule has 1 spiro atoms. The minimum absolute atomic E-state index is 0.346. The van der Waals surface area contributed by atoms with Gasteiger partial charge in [0.1, 0.15) is 5.92 Å². The highest BCUT2D eigenvalue weighted by atomic mass is 16.7. The molecular weight excluding hydrogens is 278 g/mol. The molecule has 0 saturated heterocycles. The summed E-state index contributed by atoms with van der Waals surface area (Å²) in [4.78, 5) is 16.5. The van der Waals surface area contributed by atoms with Crippen molar-refractivity contribution in [1.29, 1.82) is 0 Å². The fourth-order valence-corrected chi connectivity index (χ4v) is 4.54. The highest BCUT2D eigenvalue weighted by molar-refractivity contribution is 5.89. The molecule has 1 heterocycles. The molecule has 2 saturated carbocycles. The summed E-state index contributed by atoms with van der Waals surface area (Å²) in [6, 6.07) is 0. The molecule has 4 atom stereocenters. The maximum Gasteiger partial charge on any atom is 0.310 e. The Kier molecular flexibility index (Phi) is 3.98. The van der Waals surface area contributed by atoms with Gasteiger partial charge < -0.3 is 9.94 Å². The molecule has 124 valence electrons. The topological polar surface area (TPSA) is 58.9 Å². The molecule has 22 heavy (non-hydrogen) atoms. The summed E-state index contributed by atoms with van der Waals surface area (Å²) in [5, 5.41) is 13.3. The zero-order chi connectivity index (χ0) is 16.0. The Morgan fingerprint density at radius 2 is 2.23 bits per heavy atom. The van der Waals surface area contributed by atoms with Gasteiger partial charge in [0.25, 0.3) is 0 Å². The summed E-state index contributed by atoms with van der Waals surface area (Å²) >= 11 is 0. The molecule has 0 aromatic carbocycles. The van der Waals surface area contributed by atoms with Crippen LogP contribution < -0.4 is 0 Å². The first-order valence-electron chi connectivity index (χ1n) is 8.79. The van der Waals surface area contributed by atoms with E-state index in [-0.39, 0.29) is 5.92 Å². The summed E-state index contributed by atoms with van der Waals surface area (Å²) in [5.41, 5.74) is 1.06. The maximum atomic E-state index is 11.1. The van der Waals surface area contributed by atoms with Crippen molar-refractivity contribution in [3.63, 3.8) is 0 Å². The van der Waals surface area contributed by atoms with Crippen LogP contribution in [0, 0.1) is 23.2 Å². The van der Waals surface area contributed by atoms with Crippen LogP contribution in [0.3, 0.4) is 0 Å². The number of hydrogen-bond acceptors (Lipinski definition) is 3. The molecule has 2 aliphatic carbocycles. The largest absolute Gasteiger partial charge is 0.481 e. The van der Waals surface area contributed by atoms with E-state index in [0.29, 0.717) is 17.8 Å². The van der Waals surface area contributed by atoms with Crippen molar-refractivity contribution < 1.29 is 14.7 Å². The third-order valence-corrected chi connectivity index (χ3v) is 6.18. The number of rotatable bonds is 5. The van der Waals surface area contributed by atoms with Crippen molar-refractivity contribution in [3.8, 4) is 0 Å². The van der Waals surface area contributed by atoms with E-state index in [1.807, 2.05) is 0 Å². The highest BCUT2D eigenvalue weighted by Crippen LogP contribution is 2.53. The summed E-state index contributed by atoms with van der Waals surface area (Å²) in [6.07, 6.45) is 9.00. The normalized spacial score (nSPS) is 37.5. The third kappa shape index (κ3) is 3.02. The van der Waals surface area contributed by atoms with Crippen molar-refractivity contribution in [2.24, 2.45) is 28.3 Å². The molecule has 4 heteroatoms. The number of carbonyl (C=O) groups is 1. The van der Waals surface area contributed by atoms with Crippen LogP contribution in [0.25, 0.3) is 0 Å². The maximum absolute atomic E-state index is 11.1. The Labute approximate surface area is 133 Å². The van der Waals surface area contributed by atoms with Gasteiger partial charge in [0, 0.05) is 12.8 Å². The quantitative estimate of drug-likeness (QED) is 0.826. The Balaban J connectivity index is 1.49. The second-order valence-corrected chi connectivity index (χ2v) is 8.56. The molecule has 0 radical (unpaired) electrons. The van der Waals surface area contributed by atoms with E-state index in [1.54, 1.807) is 0 Å². The van der Waals surface area contributed by atoms with Gasteiger partial charge in [0.2, 0.25) is 0 Å². The van der Waals surface area contributed by atoms with E-state index < -0.39 is 11.6 Å². The van der Waals surface area contributed by atoms with E-state index >= 15 is 0 Å². The summed E-state index contributed by atoms with van der Waals surface area (Å²) in [6.45, 7) is 7.13. The summed E-state index contributed by atoms with van der Waals surface area (Å²) in [7, 11) is 0. The van der Waals surface area contributed by atoms with E-state index in [4.69, 9.17) is 9.94 Å². The van der Waals surface area contributed by atoms with Gasteiger partial charge >= 0.3 is 5.97 Å². The van der Waals surface area contributed by atoms with E-state index in [2.05, 4.69) is 25.9 Å². The van der Waals surface area contributed by atoms with Crippen molar-refractivity contribution in [2.75, 3.05) is 0 Å². The van der Waals surface area contributed by atoms with Crippen LogP contribution in [0.15, 0.2) is 5.16 Å². The van der Waals surface area contributed by atoms with Gasteiger partial charge in [-0.1, -0.05) is 38.8 Å². The molecule has 0 aromatic heterocycles. The Bertz CT molecular complexity index is 485. The second kappa shape index (κ2) is 5.54. The predicted octanol–water partition coefficient (Wildman–Crippen LogP) is 4.24. The number of nitrogens with zero attached hydrogens (tertiary/aromatic N) is 1. The van der Waals surface area contributed by atoms with Crippen LogP contribution in [0.1, 0.15) is 72.1 Å². The fourth-order valence-electron chi connectivity index (χ4n) is 4.54. The molecule has 4 unspecified atom stereocenters. The molecule has 0 aromatic rings. The van der Waals surface area contributed by atoms with E-state index in [9.17, 15) is 4.79 Å². The summed E-state index contributed by atoms with van der Waals surface area (Å²) in [5.74, 6) is 0.317. The lowest BCUT2D eigenvalue weighted by molar-refractivity contribution is -0.140. The molecule has 1 N–H and O–H groups in total. The first kappa shape index (κ1) is 15.8. The van der Waals surface area contributed by atoms with Crippen LogP contribution in [0.2, 0.25) is 0 Å². The van der Waals surface area contributed by atoms with Gasteiger partial charge in [0.15, 0.2) is 5.60 Å². The smallest absolute Gasteiger partial charge is 0.310 e. The number of carboxylic acids is 1. The van der Waals surface area contributed by atoms with Crippen molar-refractivity contribution >= 4 is 11.7 Å². The SMILES string of the molecule is CC(CC1=NOC2(C1)CC2C(=O)O)CC1CCCCC1(C)C. The van der Waals surface area contributed by atoms with Crippen LogP contribution >= 0.6 is 0 Å². The first-order chi connectivity index (χ1) is 10.3. The molecule has 1 aliphatic heterocycles. The zero-order valence-electron chi connectivity index (χ0n) is 14.1. The van der Waals surface area contributed by atoms with Gasteiger partial charge in [0.05, 0.1) is 5.71 Å². The number of carboxylic acid groups (broad SMARTS) is 1. The first-order valence-corrected chi connectivity index (χ1v) is 8.79. The lowest BCUT2D eigenvalue weighted by atomic mass is 9.66. The number of hydrogen-bond donors (Lipinski definition) is 1. The number of aliphatic carboxylic acids is 1. The van der Waals surface area contributed by atoms with Crippen LogP contribution in [0.4, 0.5) is 0 Å². The monoisotopic (exact) mass is 307 g/mol. The zero-order valence-corrected chi connectivity index (χ0v) is 14.1. The Hall–Kier alpha value is -1.06. The average molecular weight is 307 g/mol. The minimum Gasteiger partial charge on any atom is -0.481 e. The standard InChI is InChI=1S/C18H29NO3/c1-12(8-13-6-4-5-7-17(13,2)3)9-14-10-18(22-19-14)11-15(18)16(20)21/h12-13,15H,4-11H2,1-3H3,(H,20,21). The number of oxime groups is 1. The Morgan fingerprint density at radius 1 is 1.45 bits per heavy atom. The fraction of sp³-hybridized carbons (Fsp3) is 0.889.